The molecule has 2 aromatic rings. The number of imide groups is 1. The maximum absolute atomic E-state index is 13.2. The molecule has 1 aliphatic heterocycles. The summed E-state index contributed by atoms with van der Waals surface area (Å²) in [6, 6.07) is 13.8. The van der Waals surface area contributed by atoms with Crippen molar-refractivity contribution in [2.75, 3.05) is 0 Å². The highest BCUT2D eigenvalue weighted by Crippen LogP contribution is 2.33. The minimum absolute atomic E-state index is 0.110. The van der Waals surface area contributed by atoms with E-state index in [4.69, 9.17) is 5.26 Å². The zero-order valence-corrected chi connectivity index (χ0v) is 13.6. The number of rotatable bonds is 4. The van der Waals surface area contributed by atoms with Crippen LogP contribution in [0.5, 0.6) is 0 Å². The van der Waals surface area contributed by atoms with Crippen LogP contribution in [0.1, 0.15) is 30.0 Å². The van der Waals surface area contributed by atoms with Gasteiger partial charge in [-0.2, -0.15) is 5.26 Å². The molecule has 6 heteroatoms. The number of carbonyl (C=O) groups is 2. The van der Waals surface area contributed by atoms with Crippen molar-refractivity contribution in [1.82, 2.24) is 10.2 Å². The van der Waals surface area contributed by atoms with Crippen LogP contribution in [0, 0.1) is 17.1 Å². The molecule has 25 heavy (non-hydrogen) atoms. The van der Waals surface area contributed by atoms with Crippen LogP contribution in [-0.4, -0.2) is 16.8 Å². The summed E-state index contributed by atoms with van der Waals surface area (Å²) in [7, 11) is 0. The molecular formula is C19H16FN3O2. The van der Waals surface area contributed by atoms with Gasteiger partial charge in [-0.1, -0.05) is 31.2 Å². The third-order valence-electron chi connectivity index (χ3n) is 4.47. The minimum Gasteiger partial charge on any atom is -0.319 e. The van der Waals surface area contributed by atoms with Crippen molar-refractivity contribution >= 4 is 11.9 Å². The van der Waals surface area contributed by atoms with Crippen molar-refractivity contribution in [3.05, 3.63) is 71.0 Å². The number of nitriles is 1. The summed E-state index contributed by atoms with van der Waals surface area (Å²) in [6.07, 6.45) is 0.354. The van der Waals surface area contributed by atoms with E-state index >= 15 is 0 Å². The molecule has 1 aliphatic rings. The van der Waals surface area contributed by atoms with Gasteiger partial charge >= 0.3 is 6.03 Å². The molecule has 1 atom stereocenters. The Morgan fingerprint density at radius 2 is 1.76 bits per heavy atom. The maximum Gasteiger partial charge on any atom is 0.325 e. The van der Waals surface area contributed by atoms with Crippen LogP contribution in [0.3, 0.4) is 0 Å². The fourth-order valence-corrected chi connectivity index (χ4v) is 3.01. The smallest absolute Gasteiger partial charge is 0.319 e. The number of amides is 3. The molecule has 1 fully saturated rings. The Labute approximate surface area is 144 Å². The highest BCUT2D eigenvalue weighted by Gasteiger charge is 2.51. The van der Waals surface area contributed by atoms with Gasteiger partial charge in [-0.25, -0.2) is 9.18 Å². The van der Waals surface area contributed by atoms with E-state index in [0.29, 0.717) is 17.5 Å². The molecule has 0 aliphatic carbocycles. The fourth-order valence-electron chi connectivity index (χ4n) is 3.01. The Morgan fingerprint density at radius 1 is 1.12 bits per heavy atom. The molecule has 2 aromatic carbocycles. The normalized spacial score (nSPS) is 19.6. The highest BCUT2D eigenvalue weighted by atomic mass is 19.1. The molecule has 1 heterocycles. The van der Waals surface area contributed by atoms with Crippen LogP contribution in [0.4, 0.5) is 9.18 Å². The molecule has 1 saturated heterocycles. The average Bonchev–Trinajstić information content (AvgIpc) is 2.88. The summed E-state index contributed by atoms with van der Waals surface area (Å²) in [5, 5.41) is 11.6. The molecule has 5 nitrogen and oxygen atoms in total. The predicted molar refractivity (Wildman–Crippen MR) is 88.6 cm³/mol. The first-order valence-electron chi connectivity index (χ1n) is 7.89. The Kier molecular flexibility index (Phi) is 4.24. The molecule has 0 spiro atoms. The Hall–Kier alpha value is -3.20. The van der Waals surface area contributed by atoms with Gasteiger partial charge < -0.3 is 5.32 Å². The summed E-state index contributed by atoms with van der Waals surface area (Å²) >= 11 is 0. The molecule has 0 radical (unpaired) electrons. The second-order valence-corrected chi connectivity index (χ2v) is 5.90. The quantitative estimate of drug-likeness (QED) is 0.872. The molecule has 0 saturated carbocycles. The number of nitrogens with one attached hydrogen (secondary N) is 1. The molecule has 1 N–H and O–H groups in total. The van der Waals surface area contributed by atoms with Crippen LogP contribution in [0.25, 0.3) is 0 Å². The Bertz CT molecular complexity index is 856. The number of carbonyl (C=O) groups excluding carboxylic acids is 2. The van der Waals surface area contributed by atoms with E-state index < -0.39 is 17.4 Å². The Balaban J connectivity index is 1.90. The van der Waals surface area contributed by atoms with Crippen LogP contribution in [-0.2, 0) is 16.9 Å². The third-order valence-corrected chi connectivity index (χ3v) is 4.47. The minimum atomic E-state index is -1.18. The molecular weight excluding hydrogens is 321 g/mol. The second-order valence-electron chi connectivity index (χ2n) is 5.90. The van der Waals surface area contributed by atoms with Crippen molar-refractivity contribution in [2.45, 2.75) is 25.4 Å². The number of benzene rings is 2. The lowest BCUT2D eigenvalue weighted by atomic mass is 9.87. The first-order chi connectivity index (χ1) is 12.0. The van der Waals surface area contributed by atoms with E-state index in [2.05, 4.69) is 5.32 Å². The molecule has 3 amide bonds. The fraction of sp³-hybridized carbons (Fsp3) is 0.211. The summed E-state index contributed by atoms with van der Waals surface area (Å²) in [6.45, 7) is 1.91. The van der Waals surface area contributed by atoms with Gasteiger partial charge in [0.15, 0.2) is 0 Å². The van der Waals surface area contributed by atoms with E-state index in [1.54, 1.807) is 31.2 Å². The van der Waals surface area contributed by atoms with Gasteiger partial charge in [0.25, 0.3) is 5.91 Å². The van der Waals surface area contributed by atoms with E-state index in [1.165, 1.54) is 24.3 Å². The van der Waals surface area contributed by atoms with E-state index in [1.807, 2.05) is 6.07 Å². The van der Waals surface area contributed by atoms with Gasteiger partial charge in [0, 0.05) is 0 Å². The lowest BCUT2D eigenvalue weighted by Crippen LogP contribution is -2.43. The van der Waals surface area contributed by atoms with Crippen molar-refractivity contribution in [3.63, 3.8) is 0 Å². The number of halogens is 1. The lowest BCUT2D eigenvalue weighted by molar-refractivity contribution is -0.132. The van der Waals surface area contributed by atoms with E-state index in [0.717, 1.165) is 10.5 Å². The van der Waals surface area contributed by atoms with E-state index in [9.17, 15) is 14.0 Å². The van der Waals surface area contributed by atoms with Gasteiger partial charge in [0.2, 0.25) is 0 Å². The van der Waals surface area contributed by atoms with Crippen LogP contribution in [0.15, 0.2) is 48.5 Å². The topological polar surface area (TPSA) is 73.2 Å². The zero-order chi connectivity index (χ0) is 18.0. The number of nitrogens with zero attached hydrogens (tertiary/aromatic N) is 2. The number of hydrogen-bond donors (Lipinski definition) is 1. The monoisotopic (exact) mass is 337 g/mol. The SMILES string of the molecule is CC[C@@]1(c2ccc(F)cc2)NC(=O)N(Cc2ccc(C#N)cc2)C1=O. The molecule has 0 aromatic heterocycles. The number of hydrogen-bond acceptors (Lipinski definition) is 3. The largest absolute Gasteiger partial charge is 0.325 e. The molecule has 0 bridgehead atoms. The highest BCUT2D eigenvalue weighted by molar-refractivity contribution is 6.07. The lowest BCUT2D eigenvalue weighted by Gasteiger charge is -2.25. The molecule has 126 valence electrons. The van der Waals surface area contributed by atoms with Crippen molar-refractivity contribution in [2.24, 2.45) is 0 Å². The van der Waals surface area contributed by atoms with Crippen LogP contribution < -0.4 is 5.32 Å². The van der Waals surface area contributed by atoms with Crippen molar-refractivity contribution in [3.8, 4) is 6.07 Å². The summed E-state index contributed by atoms with van der Waals surface area (Å²) in [4.78, 5) is 26.5. The molecule has 0 unspecified atom stereocenters. The molecule has 3 rings (SSSR count). The van der Waals surface area contributed by atoms with Gasteiger partial charge in [-0.15, -0.1) is 0 Å². The summed E-state index contributed by atoms with van der Waals surface area (Å²) in [5.74, 6) is -0.766. The number of urea groups is 1. The zero-order valence-electron chi connectivity index (χ0n) is 13.6. The summed E-state index contributed by atoms with van der Waals surface area (Å²) in [5.41, 5.74) is 0.623. The standard InChI is InChI=1S/C19H16FN3O2/c1-2-19(15-7-9-16(20)10-8-15)17(24)23(18(25)22-19)12-14-5-3-13(11-21)4-6-14/h3-10H,2,12H2,1H3,(H,22,25)/t19-/m0/s1. The van der Waals surface area contributed by atoms with Crippen LogP contribution >= 0.6 is 0 Å². The average molecular weight is 337 g/mol. The second kappa shape index (κ2) is 6.36. The summed E-state index contributed by atoms with van der Waals surface area (Å²) < 4.78 is 13.2. The van der Waals surface area contributed by atoms with Gasteiger partial charge in [0.05, 0.1) is 18.2 Å². The van der Waals surface area contributed by atoms with Crippen LogP contribution in [0.2, 0.25) is 0 Å². The Morgan fingerprint density at radius 3 is 2.32 bits per heavy atom. The van der Waals surface area contributed by atoms with E-state index in [-0.39, 0.29) is 12.5 Å². The van der Waals surface area contributed by atoms with Gasteiger partial charge in [-0.05, 0) is 41.8 Å². The maximum atomic E-state index is 13.2. The first kappa shape index (κ1) is 16.7. The van der Waals surface area contributed by atoms with Crippen molar-refractivity contribution in [1.29, 1.82) is 5.26 Å². The third kappa shape index (κ3) is 2.85. The first-order valence-corrected chi connectivity index (χ1v) is 7.89. The predicted octanol–water partition coefficient (Wildman–Crippen LogP) is 3.05. The van der Waals surface area contributed by atoms with Gasteiger partial charge in [-0.3, -0.25) is 9.69 Å². The van der Waals surface area contributed by atoms with Crippen molar-refractivity contribution < 1.29 is 14.0 Å². The van der Waals surface area contributed by atoms with Gasteiger partial charge in [0.1, 0.15) is 11.4 Å².